The number of hydrogen-bond donors (Lipinski definition) is 2. The molecule has 3 nitrogen and oxygen atoms in total. The standard InChI is InChI=1S/C8H8N2O/c9-7(8(10)11)6-4-2-1-3-5-6/h1-5,9H,(H2,10,11). The van der Waals surface area contributed by atoms with Crippen LogP contribution in [0.2, 0.25) is 0 Å². The molecule has 0 saturated carbocycles. The first-order valence-electron chi connectivity index (χ1n) is 3.15. The number of nitrogens with two attached hydrogens (primary N) is 1. The van der Waals surface area contributed by atoms with E-state index in [0.29, 0.717) is 5.56 Å². The Morgan fingerprint density at radius 1 is 1.27 bits per heavy atom. The minimum absolute atomic E-state index is 0.148. The van der Waals surface area contributed by atoms with E-state index in [0.717, 1.165) is 0 Å². The molecule has 3 N–H and O–H groups in total. The summed E-state index contributed by atoms with van der Waals surface area (Å²) in [6.45, 7) is 0. The van der Waals surface area contributed by atoms with Gasteiger partial charge in [-0.25, -0.2) is 0 Å². The summed E-state index contributed by atoms with van der Waals surface area (Å²) in [6.07, 6.45) is 0. The fourth-order valence-corrected chi connectivity index (χ4v) is 0.747. The van der Waals surface area contributed by atoms with Crippen molar-refractivity contribution in [2.45, 2.75) is 0 Å². The molecule has 3 heteroatoms. The number of hydrogen-bond acceptors (Lipinski definition) is 2. The maximum absolute atomic E-state index is 10.5. The smallest absolute Gasteiger partial charge is 0.267 e. The molecular weight excluding hydrogens is 140 g/mol. The van der Waals surface area contributed by atoms with Gasteiger partial charge in [0.1, 0.15) is 5.71 Å². The molecule has 0 atom stereocenters. The Labute approximate surface area is 64.3 Å². The minimum Gasteiger partial charge on any atom is -0.364 e. The van der Waals surface area contributed by atoms with Gasteiger partial charge in [-0.3, -0.25) is 10.2 Å². The number of primary amides is 1. The van der Waals surface area contributed by atoms with Gasteiger partial charge < -0.3 is 5.73 Å². The Bertz CT molecular complexity index is 279. The maximum atomic E-state index is 10.5. The van der Waals surface area contributed by atoms with Crippen molar-refractivity contribution in [3.63, 3.8) is 0 Å². The summed E-state index contributed by atoms with van der Waals surface area (Å²) in [7, 11) is 0. The number of benzene rings is 1. The highest BCUT2D eigenvalue weighted by atomic mass is 16.1. The summed E-state index contributed by atoms with van der Waals surface area (Å²) in [5, 5.41) is 7.21. The molecule has 56 valence electrons. The largest absolute Gasteiger partial charge is 0.364 e. The van der Waals surface area contributed by atoms with E-state index in [1.807, 2.05) is 6.07 Å². The van der Waals surface area contributed by atoms with Crippen molar-refractivity contribution in [3.05, 3.63) is 35.9 Å². The number of nitrogens with one attached hydrogen (secondary N) is 1. The summed E-state index contributed by atoms with van der Waals surface area (Å²) in [4.78, 5) is 10.5. The SMILES string of the molecule is N=C(C(N)=O)c1ccccc1. The average Bonchev–Trinajstić information content (AvgIpc) is 2.05. The fraction of sp³-hybridized carbons (Fsp3) is 0. The quantitative estimate of drug-likeness (QED) is 0.590. The summed E-state index contributed by atoms with van der Waals surface area (Å²) in [5.74, 6) is -0.698. The van der Waals surface area contributed by atoms with Gasteiger partial charge in [-0.1, -0.05) is 30.3 Å². The van der Waals surface area contributed by atoms with Crippen LogP contribution in [0.4, 0.5) is 0 Å². The van der Waals surface area contributed by atoms with Crippen molar-refractivity contribution in [1.82, 2.24) is 0 Å². The Hall–Kier alpha value is -1.64. The van der Waals surface area contributed by atoms with Crippen molar-refractivity contribution in [2.75, 3.05) is 0 Å². The second-order valence-electron chi connectivity index (χ2n) is 2.11. The van der Waals surface area contributed by atoms with Crippen molar-refractivity contribution in [2.24, 2.45) is 5.73 Å². The molecule has 0 aliphatic carbocycles. The van der Waals surface area contributed by atoms with Gasteiger partial charge in [0, 0.05) is 5.56 Å². The zero-order chi connectivity index (χ0) is 8.27. The summed E-state index contributed by atoms with van der Waals surface area (Å²) >= 11 is 0. The van der Waals surface area contributed by atoms with Crippen LogP contribution >= 0.6 is 0 Å². The maximum Gasteiger partial charge on any atom is 0.267 e. The molecule has 0 heterocycles. The van der Waals surface area contributed by atoms with Gasteiger partial charge in [0.2, 0.25) is 0 Å². The third-order valence-corrected chi connectivity index (χ3v) is 1.31. The van der Waals surface area contributed by atoms with Crippen LogP contribution in [0.5, 0.6) is 0 Å². The van der Waals surface area contributed by atoms with Crippen LogP contribution in [0.15, 0.2) is 30.3 Å². The number of carbonyl (C=O) groups excluding carboxylic acids is 1. The van der Waals surface area contributed by atoms with Crippen LogP contribution in [-0.4, -0.2) is 11.6 Å². The van der Waals surface area contributed by atoms with Crippen molar-refractivity contribution in [1.29, 1.82) is 5.41 Å². The van der Waals surface area contributed by atoms with Crippen LogP contribution < -0.4 is 5.73 Å². The van der Waals surface area contributed by atoms with Gasteiger partial charge in [0.15, 0.2) is 0 Å². The highest BCUT2D eigenvalue weighted by Gasteiger charge is 2.04. The molecular formula is C8H8N2O. The monoisotopic (exact) mass is 148 g/mol. The molecule has 0 unspecified atom stereocenters. The summed E-state index contributed by atoms with van der Waals surface area (Å²) in [6, 6.07) is 8.68. The zero-order valence-electron chi connectivity index (χ0n) is 5.87. The first kappa shape index (κ1) is 7.47. The van der Waals surface area contributed by atoms with Crippen molar-refractivity contribution < 1.29 is 4.79 Å². The molecule has 0 radical (unpaired) electrons. The number of rotatable bonds is 2. The molecule has 0 aliphatic heterocycles. The van der Waals surface area contributed by atoms with E-state index in [4.69, 9.17) is 11.1 Å². The highest BCUT2D eigenvalue weighted by Crippen LogP contribution is 1.98. The van der Waals surface area contributed by atoms with Gasteiger partial charge >= 0.3 is 0 Å². The van der Waals surface area contributed by atoms with Crippen molar-refractivity contribution >= 4 is 11.6 Å². The molecule has 0 fully saturated rings. The predicted octanol–water partition coefficient (Wildman–Crippen LogP) is 0.540. The van der Waals surface area contributed by atoms with E-state index < -0.39 is 5.91 Å². The lowest BCUT2D eigenvalue weighted by Gasteiger charge is -1.96. The second kappa shape index (κ2) is 2.96. The summed E-state index contributed by atoms with van der Waals surface area (Å²) in [5.41, 5.74) is 5.31. The Morgan fingerprint density at radius 3 is 2.27 bits per heavy atom. The van der Waals surface area contributed by atoms with Gasteiger partial charge in [0.25, 0.3) is 5.91 Å². The lowest BCUT2D eigenvalue weighted by molar-refractivity contribution is -0.112. The molecule has 0 aromatic heterocycles. The van der Waals surface area contributed by atoms with Crippen molar-refractivity contribution in [3.8, 4) is 0 Å². The van der Waals surface area contributed by atoms with E-state index in [2.05, 4.69) is 0 Å². The van der Waals surface area contributed by atoms with Crippen LogP contribution in [0.1, 0.15) is 5.56 Å². The molecule has 0 aliphatic rings. The van der Waals surface area contributed by atoms with E-state index in [1.54, 1.807) is 24.3 Å². The molecule has 0 bridgehead atoms. The molecule has 1 aromatic carbocycles. The fourth-order valence-electron chi connectivity index (χ4n) is 0.747. The number of amides is 1. The lowest BCUT2D eigenvalue weighted by atomic mass is 10.1. The van der Waals surface area contributed by atoms with E-state index in [9.17, 15) is 4.79 Å². The van der Waals surface area contributed by atoms with Gasteiger partial charge in [-0.05, 0) is 0 Å². The lowest BCUT2D eigenvalue weighted by Crippen LogP contribution is -2.22. The normalized spacial score (nSPS) is 9.09. The molecule has 0 saturated heterocycles. The Balaban J connectivity index is 2.95. The first-order valence-corrected chi connectivity index (χ1v) is 3.15. The minimum atomic E-state index is -0.698. The average molecular weight is 148 g/mol. The summed E-state index contributed by atoms with van der Waals surface area (Å²) < 4.78 is 0. The number of carbonyl (C=O) groups is 1. The molecule has 1 rings (SSSR count). The Kier molecular flexibility index (Phi) is 2.01. The molecule has 1 amide bonds. The van der Waals surface area contributed by atoms with Gasteiger partial charge in [-0.15, -0.1) is 0 Å². The Morgan fingerprint density at radius 2 is 1.82 bits per heavy atom. The van der Waals surface area contributed by atoms with E-state index in [-0.39, 0.29) is 5.71 Å². The first-order chi connectivity index (χ1) is 5.22. The molecule has 0 spiro atoms. The van der Waals surface area contributed by atoms with Gasteiger partial charge in [0.05, 0.1) is 0 Å². The van der Waals surface area contributed by atoms with E-state index >= 15 is 0 Å². The van der Waals surface area contributed by atoms with Crippen LogP contribution in [-0.2, 0) is 4.79 Å². The third kappa shape index (κ3) is 1.64. The topological polar surface area (TPSA) is 66.9 Å². The third-order valence-electron chi connectivity index (χ3n) is 1.31. The van der Waals surface area contributed by atoms with Crippen LogP contribution in [0, 0.1) is 5.41 Å². The second-order valence-corrected chi connectivity index (χ2v) is 2.11. The molecule has 11 heavy (non-hydrogen) atoms. The van der Waals surface area contributed by atoms with Crippen LogP contribution in [0.3, 0.4) is 0 Å². The predicted molar refractivity (Wildman–Crippen MR) is 42.5 cm³/mol. The zero-order valence-corrected chi connectivity index (χ0v) is 5.87. The van der Waals surface area contributed by atoms with E-state index in [1.165, 1.54) is 0 Å². The van der Waals surface area contributed by atoms with Gasteiger partial charge in [-0.2, -0.15) is 0 Å². The highest BCUT2D eigenvalue weighted by molar-refractivity contribution is 6.43. The molecule has 1 aromatic rings. The van der Waals surface area contributed by atoms with Crippen LogP contribution in [0.25, 0.3) is 0 Å².